The van der Waals surface area contributed by atoms with Gasteiger partial charge in [0.1, 0.15) is 5.82 Å². The SMILES string of the molecule is Cc1ccc(C(=O)N2CCCN(CCCl)CC2)cc1F. The summed E-state index contributed by atoms with van der Waals surface area (Å²) in [4.78, 5) is 16.5. The fourth-order valence-corrected chi connectivity index (χ4v) is 2.66. The molecule has 2 rings (SSSR count). The van der Waals surface area contributed by atoms with Gasteiger partial charge in [-0.25, -0.2) is 4.39 Å². The zero-order valence-corrected chi connectivity index (χ0v) is 12.5. The van der Waals surface area contributed by atoms with Crippen molar-refractivity contribution in [1.82, 2.24) is 9.80 Å². The Morgan fingerprint density at radius 2 is 2.10 bits per heavy atom. The number of hydrogen-bond donors (Lipinski definition) is 0. The number of rotatable bonds is 3. The number of benzene rings is 1. The highest BCUT2D eigenvalue weighted by atomic mass is 35.5. The molecule has 5 heteroatoms. The highest BCUT2D eigenvalue weighted by Crippen LogP contribution is 2.13. The molecule has 0 atom stereocenters. The molecule has 0 unspecified atom stereocenters. The Bertz CT molecular complexity index is 481. The zero-order valence-electron chi connectivity index (χ0n) is 11.7. The van der Waals surface area contributed by atoms with Gasteiger partial charge in [0.2, 0.25) is 0 Å². The molecule has 1 saturated heterocycles. The highest BCUT2D eigenvalue weighted by molar-refractivity contribution is 6.18. The first kappa shape index (κ1) is 15.3. The van der Waals surface area contributed by atoms with Gasteiger partial charge in [0, 0.05) is 37.6 Å². The normalized spacial score (nSPS) is 17.1. The van der Waals surface area contributed by atoms with Gasteiger partial charge in [-0.2, -0.15) is 0 Å². The van der Waals surface area contributed by atoms with Crippen LogP contribution in [0.15, 0.2) is 18.2 Å². The molecule has 1 fully saturated rings. The van der Waals surface area contributed by atoms with E-state index in [1.807, 2.05) is 0 Å². The second kappa shape index (κ2) is 7.04. The Morgan fingerprint density at radius 3 is 2.80 bits per heavy atom. The molecule has 0 spiro atoms. The zero-order chi connectivity index (χ0) is 14.5. The van der Waals surface area contributed by atoms with Crippen molar-refractivity contribution in [2.75, 3.05) is 38.6 Å². The Kier molecular flexibility index (Phi) is 5.38. The molecular weight excluding hydrogens is 279 g/mol. The minimum atomic E-state index is -0.325. The summed E-state index contributed by atoms with van der Waals surface area (Å²) in [5, 5.41) is 0. The average molecular weight is 299 g/mol. The van der Waals surface area contributed by atoms with Crippen LogP contribution < -0.4 is 0 Å². The Labute approximate surface area is 124 Å². The topological polar surface area (TPSA) is 23.6 Å². The Hall–Kier alpha value is -1.13. The third-order valence-corrected chi connectivity index (χ3v) is 3.86. The third-order valence-electron chi connectivity index (χ3n) is 3.70. The van der Waals surface area contributed by atoms with Crippen molar-refractivity contribution in [2.45, 2.75) is 13.3 Å². The van der Waals surface area contributed by atoms with E-state index in [9.17, 15) is 9.18 Å². The molecule has 1 amide bonds. The van der Waals surface area contributed by atoms with E-state index < -0.39 is 0 Å². The molecule has 1 heterocycles. The quantitative estimate of drug-likeness (QED) is 0.801. The monoisotopic (exact) mass is 298 g/mol. The summed E-state index contributed by atoms with van der Waals surface area (Å²) in [7, 11) is 0. The number of nitrogens with zero attached hydrogens (tertiary/aromatic N) is 2. The number of carbonyl (C=O) groups excluding carboxylic acids is 1. The van der Waals surface area contributed by atoms with Gasteiger partial charge in [-0.15, -0.1) is 11.6 Å². The number of carbonyl (C=O) groups is 1. The molecule has 20 heavy (non-hydrogen) atoms. The molecule has 1 aromatic carbocycles. The maximum Gasteiger partial charge on any atom is 0.254 e. The second-order valence-electron chi connectivity index (χ2n) is 5.14. The van der Waals surface area contributed by atoms with Crippen LogP contribution in [0.5, 0.6) is 0 Å². The summed E-state index contributed by atoms with van der Waals surface area (Å²) in [6.45, 7) is 5.71. The molecule has 0 radical (unpaired) electrons. The van der Waals surface area contributed by atoms with Crippen LogP contribution in [0.4, 0.5) is 4.39 Å². The van der Waals surface area contributed by atoms with Gasteiger partial charge in [0.15, 0.2) is 0 Å². The van der Waals surface area contributed by atoms with Crippen LogP contribution in [0.1, 0.15) is 22.3 Å². The van der Waals surface area contributed by atoms with E-state index in [-0.39, 0.29) is 11.7 Å². The molecule has 0 N–H and O–H groups in total. The lowest BCUT2D eigenvalue weighted by atomic mass is 10.1. The van der Waals surface area contributed by atoms with Gasteiger partial charge in [0.25, 0.3) is 5.91 Å². The van der Waals surface area contributed by atoms with Crippen molar-refractivity contribution in [2.24, 2.45) is 0 Å². The van der Waals surface area contributed by atoms with Crippen molar-refractivity contribution in [3.05, 3.63) is 35.1 Å². The van der Waals surface area contributed by atoms with Crippen molar-refractivity contribution >= 4 is 17.5 Å². The van der Waals surface area contributed by atoms with Crippen molar-refractivity contribution in [1.29, 1.82) is 0 Å². The van der Waals surface area contributed by atoms with Gasteiger partial charge in [-0.1, -0.05) is 6.07 Å². The van der Waals surface area contributed by atoms with E-state index in [0.717, 1.165) is 26.1 Å². The predicted octanol–water partition coefficient (Wildman–Crippen LogP) is 2.52. The Morgan fingerprint density at radius 1 is 1.30 bits per heavy atom. The van der Waals surface area contributed by atoms with Crippen molar-refractivity contribution < 1.29 is 9.18 Å². The Balaban J connectivity index is 2.03. The van der Waals surface area contributed by atoms with Gasteiger partial charge in [-0.3, -0.25) is 4.79 Å². The molecule has 1 aliphatic heterocycles. The molecule has 0 aromatic heterocycles. The lowest BCUT2D eigenvalue weighted by Gasteiger charge is -2.21. The molecule has 0 aliphatic carbocycles. The summed E-state index contributed by atoms with van der Waals surface area (Å²) in [6.07, 6.45) is 0.928. The molecule has 110 valence electrons. The minimum Gasteiger partial charge on any atom is -0.337 e. The van der Waals surface area contributed by atoms with Gasteiger partial charge < -0.3 is 9.80 Å². The van der Waals surface area contributed by atoms with Crippen LogP contribution in [-0.2, 0) is 0 Å². The molecule has 0 saturated carbocycles. The van der Waals surface area contributed by atoms with Crippen LogP contribution >= 0.6 is 11.6 Å². The smallest absolute Gasteiger partial charge is 0.254 e. The largest absolute Gasteiger partial charge is 0.337 e. The van der Waals surface area contributed by atoms with E-state index in [0.29, 0.717) is 30.1 Å². The third kappa shape index (κ3) is 3.70. The predicted molar refractivity (Wildman–Crippen MR) is 78.8 cm³/mol. The van der Waals surface area contributed by atoms with Gasteiger partial charge in [-0.05, 0) is 37.6 Å². The summed E-state index contributed by atoms with van der Waals surface area (Å²) in [5.74, 6) is 0.197. The van der Waals surface area contributed by atoms with Crippen LogP contribution in [-0.4, -0.2) is 54.3 Å². The van der Waals surface area contributed by atoms with E-state index in [1.165, 1.54) is 6.07 Å². The summed E-state index contributed by atoms with van der Waals surface area (Å²) >= 11 is 5.75. The van der Waals surface area contributed by atoms with Crippen LogP contribution in [0, 0.1) is 12.7 Å². The number of hydrogen-bond acceptors (Lipinski definition) is 2. The van der Waals surface area contributed by atoms with E-state index in [2.05, 4.69) is 4.90 Å². The minimum absolute atomic E-state index is 0.0865. The number of halogens is 2. The van der Waals surface area contributed by atoms with E-state index in [4.69, 9.17) is 11.6 Å². The van der Waals surface area contributed by atoms with Crippen LogP contribution in [0.2, 0.25) is 0 Å². The number of alkyl halides is 1. The number of aryl methyl sites for hydroxylation is 1. The standard InChI is InChI=1S/C15H20ClFN2O/c1-12-3-4-13(11-14(12)17)15(20)19-7-2-6-18(8-5-16)9-10-19/h3-4,11H,2,5-10H2,1H3. The fraction of sp³-hybridized carbons (Fsp3) is 0.533. The number of amides is 1. The maximum absolute atomic E-state index is 13.6. The molecule has 3 nitrogen and oxygen atoms in total. The molecule has 1 aromatic rings. The van der Waals surface area contributed by atoms with Crippen molar-refractivity contribution in [3.8, 4) is 0 Å². The maximum atomic E-state index is 13.6. The lowest BCUT2D eigenvalue weighted by molar-refractivity contribution is 0.0761. The summed E-state index contributed by atoms with van der Waals surface area (Å²) < 4.78 is 13.6. The average Bonchev–Trinajstić information content (AvgIpc) is 2.67. The van der Waals surface area contributed by atoms with Crippen LogP contribution in [0.3, 0.4) is 0 Å². The first-order valence-electron chi connectivity index (χ1n) is 6.95. The summed E-state index contributed by atoms with van der Waals surface area (Å²) in [5.41, 5.74) is 0.990. The van der Waals surface area contributed by atoms with Gasteiger partial charge >= 0.3 is 0 Å². The van der Waals surface area contributed by atoms with E-state index in [1.54, 1.807) is 24.0 Å². The second-order valence-corrected chi connectivity index (χ2v) is 5.52. The lowest BCUT2D eigenvalue weighted by Crippen LogP contribution is -2.35. The fourth-order valence-electron chi connectivity index (χ4n) is 2.43. The summed E-state index contributed by atoms with van der Waals surface area (Å²) in [6, 6.07) is 4.68. The van der Waals surface area contributed by atoms with E-state index >= 15 is 0 Å². The molecular formula is C15H20ClFN2O. The van der Waals surface area contributed by atoms with Crippen LogP contribution in [0.25, 0.3) is 0 Å². The highest BCUT2D eigenvalue weighted by Gasteiger charge is 2.20. The van der Waals surface area contributed by atoms with Gasteiger partial charge in [0.05, 0.1) is 0 Å². The first-order chi connectivity index (χ1) is 9.61. The molecule has 0 bridgehead atoms. The molecule has 1 aliphatic rings. The van der Waals surface area contributed by atoms with Crippen molar-refractivity contribution in [3.63, 3.8) is 0 Å². The first-order valence-corrected chi connectivity index (χ1v) is 7.49.